The second kappa shape index (κ2) is 15.7. The number of benzene rings is 3. The van der Waals surface area contributed by atoms with Gasteiger partial charge >= 0.3 is 18.0 Å². The molecule has 0 heterocycles. The molecule has 3 aromatic rings. The van der Waals surface area contributed by atoms with Gasteiger partial charge in [-0.3, -0.25) is 9.59 Å². The van der Waals surface area contributed by atoms with Crippen LogP contribution in [0.1, 0.15) is 65.0 Å². The van der Waals surface area contributed by atoms with Crippen molar-refractivity contribution in [2.45, 2.75) is 84.8 Å². The van der Waals surface area contributed by atoms with E-state index in [2.05, 4.69) is 10.6 Å². The molecule has 0 aliphatic carbocycles. The van der Waals surface area contributed by atoms with E-state index in [0.717, 1.165) is 21.9 Å². The SMILES string of the molecule is CC(C)C[C@H](NC(=O)[C@H](CCC(=O)OCc1ccccc1)NC(=O)OC(C)(C)C)C(=O)OCc1ccc2ccccc2c1. The summed E-state index contributed by atoms with van der Waals surface area (Å²) in [4.78, 5) is 51.6. The Kier molecular flexibility index (Phi) is 12.1. The van der Waals surface area contributed by atoms with Crippen LogP contribution in [0.4, 0.5) is 4.79 Å². The number of amides is 2. The lowest BCUT2D eigenvalue weighted by Gasteiger charge is -2.25. The van der Waals surface area contributed by atoms with E-state index in [4.69, 9.17) is 14.2 Å². The average Bonchev–Trinajstić information content (AvgIpc) is 2.95. The lowest BCUT2D eigenvalue weighted by Crippen LogP contribution is -2.53. The van der Waals surface area contributed by atoms with Crippen LogP contribution in [-0.2, 0) is 41.8 Å². The first-order valence-corrected chi connectivity index (χ1v) is 14.5. The van der Waals surface area contributed by atoms with Crippen molar-refractivity contribution < 1.29 is 33.4 Å². The fraction of sp³-hybridized carbons (Fsp3) is 0.412. The molecule has 2 amide bonds. The summed E-state index contributed by atoms with van der Waals surface area (Å²) in [6.07, 6.45) is -0.688. The van der Waals surface area contributed by atoms with Gasteiger partial charge in [0.15, 0.2) is 0 Å². The second-order valence-corrected chi connectivity index (χ2v) is 11.9. The van der Waals surface area contributed by atoms with Gasteiger partial charge < -0.3 is 24.8 Å². The smallest absolute Gasteiger partial charge is 0.408 e. The van der Waals surface area contributed by atoms with Crippen molar-refractivity contribution in [3.05, 3.63) is 83.9 Å². The van der Waals surface area contributed by atoms with Crippen LogP contribution in [0, 0.1) is 5.92 Å². The molecule has 0 bridgehead atoms. The zero-order valence-electron chi connectivity index (χ0n) is 25.6. The minimum Gasteiger partial charge on any atom is -0.461 e. The normalized spacial score (nSPS) is 12.7. The van der Waals surface area contributed by atoms with Gasteiger partial charge in [-0.05, 0) is 67.5 Å². The van der Waals surface area contributed by atoms with Crippen molar-refractivity contribution in [2.24, 2.45) is 5.92 Å². The van der Waals surface area contributed by atoms with Crippen molar-refractivity contribution in [1.82, 2.24) is 10.6 Å². The monoisotopic (exact) mass is 590 g/mol. The highest BCUT2D eigenvalue weighted by atomic mass is 16.6. The maximum absolute atomic E-state index is 13.4. The molecule has 230 valence electrons. The summed E-state index contributed by atoms with van der Waals surface area (Å²) in [5.41, 5.74) is 0.850. The third-order valence-electron chi connectivity index (χ3n) is 6.39. The Bertz CT molecular complexity index is 1380. The molecule has 3 aromatic carbocycles. The number of fused-ring (bicyclic) bond motifs is 1. The summed E-state index contributed by atoms with van der Waals surface area (Å²) in [5, 5.41) is 7.38. The van der Waals surface area contributed by atoms with Gasteiger partial charge in [0.1, 0.15) is 30.9 Å². The maximum atomic E-state index is 13.4. The maximum Gasteiger partial charge on any atom is 0.408 e. The summed E-state index contributed by atoms with van der Waals surface area (Å²) < 4.78 is 16.3. The number of carbonyl (C=O) groups excluding carboxylic acids is 4. The third-order valence-corrected chi connectivity index (χ3v) is 6.39. The summed E-state index contributed by atoms with van der Waals surface area (Å²) in [6, 6.07) is 20.8. The van der Waals surface area contributed by atoms with Gasteiger partial charge in [-0.2, -0.15) is 0 Å². The molecule has 2 atom stereocenters. The topological polar surface area (TPSA) is 120 Å². The molecular formula is C34H42N2O7. The van der Waals surface area contributed by atoms with E-state index in [1.54, 1.807) is 20.8 Å². The molecule has 43 heavy (non-hydrogen) atoms. The fourth-order valence-corrected chi connectivity index (χ4v) is 4.33. The Labute approximate surface area is 253 Å². The Morgan fingerprint density at radius 1 is 0.744 bits per heavy atom. The molecule has 0 fully saturated rings. The Morgan fingerprint density at radius 2 is 1.40 bits per heavy atom. The van der Waals surface area contributed by atoms with E-state index >= 15 is 0 Å². The van der Waals surface area contributed by atoms with Gasteiger partial charge in [0.2, 0.25) is 5.91 Å². The Balaban J connectivity index is 1.65. The standard InChI is InChI=1S/C34H42N2O7/c1-23(2)19-29(32(39)42-22-25-15-16-26-13-9-10-14-27(26)20-25)35-31(38)28(36-33(40)43-34(3,4)5)17-18-30(37)41-21-24-11-7-6-8-12-24/h6-16,20,23,28-29H,17-19,21-22H2,1-5H3,(H,35,38)(H,36,40)/t28-,29-/m0/s1. The molecule has 9 heteroatoms. The van der Waals surface area contributed by atoms with Crippen LogP contribution in [0.25, 0.3) is 10.8 Å². The molecule has 0 saturated carbocycles. The number of ether oxygens (including phenoxy) is 3. The largest absolute Gasteiger partial charge is 0.461 e. The van der Waals surface area contributed by atoms with E-state index in [1.807, 2.05) is 86.6 Å². The summed E-state index contributed by atoms with van der Waals surface area (Å²) >= 11 is 0. The molecule has 0 aliphatic rings. The van der Waals surface area contributed by atoms with Crippen LogP contribution < -0.4 is 10.6 Å². The predicted molar refractivity (Wildman–Crippen MR) is 164 cm³/mol. The van der Waals surface area contributed by atoms with Gasteiger partial charge in [0.25, 0.3) is 0 Å². The van der Waals surface area contributed by atoms with Crippen molar-refractivity contribution >= 4 is 34.7 Å². The zero-order chi connectivity index (χ0) is 31.4. The first-order valence-electron chi connectivity index (χ1n) is 14.5. The molecule has 0 spiro atoms. The Morgan fingerprint density at radius 3 is 2.07 bits per heavy atom. The van der Waals surface area contributed by atoms with Crippen molar-refractivity contribution in [3.63, 3.8) is 0 Å². The first kappa shape index (κ1) is 33.1. The molecule has 0 unspecified atom stereocenters. The van der Waals surface area contributed by atoms with Crippen molar-refractivity contribution in [2.75, 3.05) is 0 Å². The van der Waals surface area contributed by atoms with Gasteiger partial charge in [-0.15, -0.1) is 0 Å². The molecule has 0 aliphatic heterocycles. The van der Waals surface area contributed by atoms with E-state index in [0.29, 0.717) is 6.42 Å². The van der Waals surface area contributed by atoms with Gasteiger partial charge in [-0.25, -0.2) is 9.59 Å². The molecule has 2 N–H and O–H groups in total. The molecule has 3 rings (SSSR count). The van der Waals surface area contributed by atoms with Crippen LogP contribution in [0.2, 0.25) is 0 Å². The number of hydrogen-bond acceptors (Lipinski definition) is 7. The highest BCUT2D eigenvalue weighted by Crippen LogP contribution is 2.17. The van der Waals surface area contributed by atoms with E-state index < -0.39 is 41.6 Å². The Hall–Kier alpha value is -4.40. The second-order valence-electron chi connectivity index (χ2n) is 11.9. The first-order chi connectivity index (χ1) is 20.4. The number of hydrogen-bond donors (Lipinski definition) is 2. The van der Waals surface area contributed by atoms with E-state index in [1.165, 1.54) is 0 Å². The molecule has 0 aromatic heterocycles. The summed E-state index contributed by atoms with van der Waals surface area (Å²) in [7, 11) is 0. The van der Waals surface area contributed by atoms with E-state index in [9.17, 15) is 19.2 Å². The number of rotatable bonds is 13. The minimum atomic E-state index is -1.15. The molecular weight excluding hydrogens is 548 g/mol. The van der Waals surface area contributed by atoms with Gasteiger partial charge in [0, 0.05) is 6.42 Å². The number of nitrogens with one attached hydrogen (secondary N) is 2. The zero-order valence-corrected chi connectivity index (χ0v) is 25.6. The number of esters is 2. The highest BCUT2D eigenvalue weighted by Gasteiger charge is 2.30. The van der Waals surface area contributed by atoms with Crippen LogP contribution in [0.15, 0.2) is 72.8 Å². The highest BCUT2D eigenvalue weighted by molar-refractivity contribution is 5.90. The van der Waals surface area contributed by atoms with Crippen LogP contribution in [0.5, 0.6) is 0 Å². The van der Waals surface area contributed by atoms with Crippen molar-refractivity contribution in [1.29, 1.82) is 0 Å². The minimum absolute atomic E-state index is 0.0426. The van der Waals surface area contributed by atoms with Gasteiger partial charge in [0.05, 0.1) is 0 Å². The number of alkyl carbamates (subject to hydrolysis) is 1. The fourth-order valence-electron chi connectivity index (χ4n) is 4.33. The number of carbonyl (C=O) groups is 4. The van der Waals surface area contributed by atoms with E-state index in [-0.39, 0.29) is 32.0 Å². The summed E-state index contributed by atoms with van der Waals surface area (Å²) in [5.74, 6) is -1.69. The molecule has 0 radical (unpaired) electrons. The quantitative estimate of drug-likeness (QED) is 0.190. The third kappa shape index (κ3) is 11.8. The van der Waals surface area contributed by atoms with Crippen LogP contribution in [0.3, 0.4) is 0 Å². The van der Waals surface area contributed by atoms with Crippen LogP contribution in [-0.4, -0.2) is 41.6 Å². The lowest BCUT2D eigenvalue weighted by atomic mass is 10.0. The predicted octanol–water partition coefficient (Wildman–Crippen LogP) is 5.83. The van der Waals surface area contributed by atoms with Crippen molar-refractivity contribution in [3.8, 4) is 0 Å². The molecule has 9 nitrogen and oxygen atoms in total. The summed E-state index contributed by atoms with van der Waals surface area (Å²) in [6.45, 7) is 9.09. The molecule has 0 saturated heterocycles. The average molecular weight is 591 g/mol. The van der Waals surface area contributed by atoms with Gasteiger partial charge in [-0.1, -0.05) is 80.6 Å². The lowest BCUT2D eigenvalue weighted by molar-refractivity contribution is -0.150. The van der Waals surface area contributed by atoms with Crippen LogP contribution >= 0.6 is 0 Å².